The maximum Gasteiger partial charge on any atom is 0.342 e. The number of carbonyl (C=O) groups excluding carboxylic acids is 2. The molecule has 0 radical (unpaired) electrons. The summed E-state index contributed by atoms with van der Waals surface area (Å²) in [6.45, 7) is 6.82. The number of methoxy groups -OCH3 is 1. The second-order valence-corrected chi connectivity index (χ2v) is 11.8. The van der Waals surface area contributed by atoms with Gasteiger partial charge in [-0.05, 0) is 54.9 Å². The normalized spacial score (nSPS) is 23.0. The molecule has 0 aliphatic heterocycles. The SMILES string of the molecule is COC(=C=O)COc1cc(N(C)Cc2cc(Cl)cc(Cl)c2O)ccc1C(=O)OC1CC2CCC1(C)C2(C)C. The van der Waals surface area contributed by atoms with Crippen LogP contribution in [0.4, 0.5) is 5.69 Å². The molecule has 2 saturated carbocycles. The van der Waals surface area contributed by atoms with Gasteiger partial charge < -0.3 is 24.2 Å². The Morgan fingerprint density at radius 2 is 1.95 bits per heavy atom. The number of benzene rings is 2. The topological polar surface area (TPSA) is 85.3 Å². The second kappa shape index (κ2) is 10.7. The van der Waals surface area contributed by atoms with E-state index in [1.165, 1.54) is 13.2 Å². The van der Waals surface area contributed by atoms with E-state index in [9.17, 15) is 14.7 Å². The molecule has 38 heavy (non-hydrogen) atoms. The number of hydrogen-bond donors (Lipinski definition) is 1. The smallest absolute Gasteiger partial charge is 0.342 e. The largest absolute Gasteiger partial charge is 0.506 e. The number of rotatable bonds is 9. The van der Waals surface area contributed by atoms with E-state index < -0.39 is 5.97 Å². The van der Waals surface area contributed by atoms with Gasteiger partial charge >= 0.3 is 5.97 Å². The average molecular weight is 562 g/mol. The first-order valence-electron chi connectivity index (χ1n) is 12.5. The van der Waals surface area contributed by atoms with Crippen molar-refractivity contribution in [3.8, 4) is 11.5 Å². The molecule has 2 aromatic rings. The minimum absolute atomic E-state index is 0.0380. The summed E-state index contributed by atoms with van der Waals surface area (Å²) < 4.78 is 16.9. The van der Waals surface area contributed by atoms with Crippen molar-refractivity contribution in [2.75, 3.05) is 25.7 Å². The molecule has 2 fully saturated rings. The maximum atomic E-state index is 13.4. The van der Waals surface area contributed by atoms with Gasteiger partial charge in [-0.1, -0.05) is 44.0 Å². The zero-order valence-corrected chi connectivity index (χ0v) is 23.8. The number of esters is 1. The second-order valence-electron chi connectivity index (χ2n) is 11.0. The van der Waals surface area contributed by atoms with E-state index in [2.05, 4.69) is 20.8 Å². The van der Waals surface area contributed by atoms with Gasteiger partial charge in [0.1, 0.15) is 23.2 Å². The predicted molar refractivity (Wildman–Crippen MR) is 147 cm³/mol. The van der Waals surface area contributed by atoms with Crippen LogP contribution in [0, 0.1) is 16.7 Å². The van der Waals surface area contributed by atoms with E-state index in [1.807, 2.05) is 11.9 Å². The zero-order chi connectivity index (χ0) is 27.8. The van der Waals surface area contributed by atoms with Crippen molar-refractivity contribution in [2.45, 2.75) is 52.7 Å². The number of carbonyl (C=O) groups is 1. The first-order valence-corrected chi connectivity index (χ1v) is 13.3. The first-order chi connectivity index (χ1) is 17.9. The quantitative estimate of drug-likeness (QED) is 0.214. The molecule has 7 nitrogen and oxygen atoms in total. The number of nitrogens with zero attached hydrogens (tertiary/aromatic N) is 1. The van der Waals surface area contributed by atoms with Crippen molar-refractivity contribution in [1.82, 2.24) is 0 Å². The third kappa shape index (κ3) is 5.07. The van der Waals surface area contributed by atoms with Crippen LogP contribution in [0.3, 0.4) is 0 Å². The van der Waals surface area contributed by atoms with E-state index in [0.29, 0.717) is 22.2 Å². The number of fused-ring (bicyclic) bond motifs is 2. The predicted octanol–water partition coefficient (Wildman–Crippen LogP) is 6.45. The molecule has 2 aromatic carbocycles. The van der Waals surface area contributed by atoms with Gasteiger partial charge in [-0.25, -0.2) is 9.59 Å². The summed E-state index contributed by atoms with van der Waals surface area (Å²) >= 11 is 12.2. The number of ether oxygens (including phenoxy) is 3. The monoisotopic (exact) mass is 561 g/mol. The molecule has 2 aliphatic rings. The lowest BCUT2D eigenvalue weighted by molar-refractivity contribution is -0.0244. The molecule has 1 N–H and O–H groups in total. The molecular weight excluding hydrogens is 529 g/mol. The van der Waals surface area contributed by atoms with Crippen LogP contribution in [0.15, 0.2) is 36.1 Å². The summed E-state index contributed by atoms with van der Waals surface area (Å²) in [5.74, 6) is 1.89. The van der Waals surface area contributed by atoms with Gasteiger partial charge in [-0.3, -0.25) is 0 Å². The first kappa shape index (κ1) is 28.2. The molecule has 9 heteroatoms. The van der Waals surface area contributed by atoms with Crippen LogP contribution < -0.4 is 9.64 Å². The van der Waals surface area contributed by atoms with Crippen LogP contribution in [0.1, 0.15) is 56.0 Å². The van der Waals surface area contributed by atoms with Crippen LogP contribution in [0.5, 0.6) is 11.5 Å². The molecule has 3 unspecified atom stereocenters. The zero-order valence-electron chi connectivity index (χ0n) is 22.3. The Bertz CT molecular complexity index is 1290. The minimum Gasteiger partial charge on any atom is -0.506 e. The number of phenols is 1. The van der Waals surface area contributed by atoms with Crippen molar-refractivity contribution in [1.29, 1.82) is 0 Å². The van der Waals surface area contributed by atoms with Gasteiger partial charge in [0.25, 0.3) is 0 Å². The molecular formula is C29H33Cl2NO6. The Morgan fingerprint density at radius 1 is 1.21 bits per heavy atom. The number of hydrogen-bond acceptors (Lipinski definition) is 7. The number of phenolic OH excluding ortho intramolecular Hbond substituents is 1. The maximum absolute atomic E-state index is 13.4. The highest BCUT2D eigenvalue weighted by molar-refractivity contribution is 6.35. The van der Waals surface area contributed by atoms with E-state index in [1.54, 1.807) is 30.2 Å². The van der Waals surface area contributed by atoms with Gasteiger partial charge in [-0.15, -0.1) is 0 Å². The van der Waals surface area contributed by atoms with Crippen molar-refractivity contribution in [2.24, 2.45) is 16.7 Å². The Kier molecular flexibility index (Phi) is 7.94. The van der Waals surface area contributed by atoms with Crippen molar-refractivity contribution in [3.63, 3.8) is 0 Å². The standard InChI is InChI=1S/C29H33Cl2NO6/c1-28(2)18-8-9-29(28,3)25(11-18)38-27(35)22-7-6-20(13-24(22)37-16-21(15-33)36-5)32(4)14-17-10-19(30)12-23(31)26(17)34/h6-7,10,12-13,18,25,34H,8-9,11,14,16H2,1-5H3. The highest BCUT2D eigenvalue weighted by Gasteiger charge is 2.62. The lowest BCUT2D eigenvalue weighted by atomic mass is 9.70. The highest BCUT2D eigenvalue weighted by atomic mass is 35.5. The van der Waals surface area contributed by atoms with Crippen molar-refractivity contribution >= 4 is 40.8 Å². The van der Waals surface area contributed by atoms with Crippen molar-refractivity contribution < 1.29 is 28.9 Å². The van der Waals surface area contributed by atoms with Crippen LogP contribution in [0.25, 0.3) is 0 Å². The number of anilines is 1. The summed E-state index contributed by atoms with van der Waals surface area (Å²) in [4.78, 5) is 26.4. The number of aromatic hydroxyl groups is 1. The van der Waals surface area contributed by atoms with E-state index in [4.69, 9.17) is 37.4 Å². The molecule has 4 rings (SSSR count). The van der Waals surface area contributed by atoms with Gasteiger partial charge in [0.2, 0.25) is 5.76 Å². The van der Waals surface area contributed by atoms with Gasteiger partial charge in [-0.2, -0.15) is 0 Å². The van der Waals surface area contributed by atoms with Crippen LogP contribution in [0.2, 0.25) is 10.0 Å². The Morgan fingerprint density at radius 3 is 2.55 bits per heavy atom. The molecule has 0 amide bonds. The average Bonchev–Trinajstić information content (AvgIpc) is 3.21. The number of halogens is 2. The van der Waals surface area contributed by atoms with Gasteiger partial charge in [0.05, 0.1) is 12.1 Å². The minimum atomic E-state index is -0.475. The molecule has 2 aliphatic carbocycles. The van der Waals surface area contributed by atoms with Gasteiger partial charge in [0, 0.05) is 41.3 Å². The highest BCUT2D eigenvalue weighted by Crippen LogP contribution is 2.66. The third-order valence-corrected chi connectivity index (χ3v) is 9.33. The van der Waals surface area contributed by atoms with Crippen molar-refractivity contribution in [3.05, 3.63) is 57.3 Å². The molecule has 2 bridgehead atoms. The lowest BCUT2D eigenvalue weighted by Crippen LogP contribution is -2.38. The summed E-state index contributed by atoms with van der Waals surface area (Å²) in [7, 11) is 3.17. The van der Waals surface area contributed by atoms with E-state index in [0.717, 1.165) is 19.3 Å². The molecule has 0 spiro atoms. The summed E-state index contributed by atoms with van der Waals surface area (Å²) in [6.07, 6.45) is 2.84. The summed E-state index contributed by atoms with van der Waals surface area (Å²) in [5, 5.41) is 10.9. The Hall–Kier alpha value is -2.86. The molecule has 0 heterocycles. The van der Waals surface area contributed by atoms with Crippen LogP contribution >= 0.6 is 23.2 Å². The Balaban J connectivity index is 1.60. The van der Waals surface area contributed by atoms with Crippen LogP contribution in [-0.2, 0) is 20.8 Å². The fourth-order valence-electron chi connectivity index (χ4n) is 5.90. The van der Waals surface area contributed by atoms with E-state index in [-0.39, 0.29) is 57.9 Å². The molecule has 204 valence electrons. The fraction of sp³-hybridized carbons (Fsp3) is 0.483. The summed E-state index contributed by atoms with van der Waals surface area (Å²) in [5.41, 5.74) is 1.49. The van der Waals surface area contributed by atoms with Crippen LogP contribution in [-0.4, -0.2) is 43.9 Å². The molecule has 0 aromatic heterocycles. The molecule has 3 atom stereocenters. The van der Waals surface area contributed by atoms with Gasteiger partial charge in [0.15, 0.2) is 12.5 Å². The third-order valence-electron chi connectivity index (χ3n) is 8.82. The molecule has 0 saturated heterocycles. The fourth-order valence-corrected chi connectivity index (χ4v) is 6.43. The Labute approximate surface area is 233 Å². The lowest BCUT2D eigenvalue weighted by Gasteiger charge is -2.38. The van der Waals surface area contributed by atoms with E-state index >= 15 is 0 Å². The summed E-state index contributed by atoms with van der Waals surface area (Å²) in [6, 6.07) is 8.21.